The van der Waals surface area contributed by atoms with E-state index in [0.717, 1.165) is 34.9 Å². The van der Waals surface area contributed by atoms with Gasteiger partial charge in [0.2, 0.25) is 0 Å². The molecule has 0 bridgehead atoms. The van der Waals surface area contributed by atoms with Gasteiger partial charge in [-0.1, -0.05) is 18.5 Å². The molecule has 0 fully saturated rings. The smallest absolute Gasteiger partial charge is 0.166 e. The van der Waals surface area contributed by atoms with Crippen molar-refractivity contribution in [2.75, 3.05) is 32.2 Å². The molecule has 0 radical (unpaired) electrons. The fourth-order valence-corrected chi connectivity index (χ4v) is 2.85. The van der Waals surface area contributed by atoms with Crippen molar-refractivity contribution in [3.05, 3.63) is 40.9 Å². The van der Waals surface area contributed by atoms with Crippen LogP contribution in [0.15, 0.2) is 30.3 Å². The SMILES string of the molecule is CCCOc1c(CNc2ccc3c(c2)OCCO3)cc(Cl)cc1OC. The van der Waals surface area contributed by atoms with Crippen molar-refractivity contribution in [2.24, 2.45) is 0 Å². The maximum Gasteiger partial charge on any atom is 0.166 e. The minimum Gasteiger partial charge on any atom is -0.493 e. The highest BCUT2D eigenvalue weighted by molar-refractivity contribution is 6.30. The Balaban J connectivity index is 1.79. The van der Waals surface area contributed by atoms with E-state index in [4.69, 9.17) is 30.5 Å². The zero-order valence-electron chi connectivity index (χ0n) is 14.4. The number of ether oxygens (including phenoxy) is 4. The van der Waals surface area contributed by atoms with Crippen molar-refractivity contribution < 1.29 is 18.9 Å². The van der Waals surface area contributed by atoms with Crippen LogP contribution in [-0.2, 0) is 6.54 Å². The third-order valence-corrected chi connectivity index (χ3v) is 4.01. The summed E-state index contributed by atoms with van der Waals surface area (Å²) >= 11 is 6.21. The maximum atomic E-state index is 6.21. The maximum absolute atomic E-state index is 6.21. The molecule has 0 unspecified atom stereocenters. The van der Waals surface area contributed by atoms with E-state index in [1.165, 1.54) is 0 Å². The average molecular weight is 364 g/mol. The zero-order valence-corrected chi connectivity index (χ0v) is 15.2. The molecule has 1 aliphatic heterocycles. The topological polar surface area (TPSA) is 49.0 Å². The number of hydrogen-bond acceptors (Lipinski definition) is 5. The van der Waals surface area contributed by atoms with Gasteiger partial charge in [0, 0.05) is 35.0 Å². The number of nitrogens with one attached hydrogen (secondary N) is 1. The molecule has 2 aromatic rings. The van der Waals surface area contributed by atoms with Crippen molar-refractivity contribution in [2.45, 2.75) is 19.9 Å². The van der Waals surface area contributed by atoms with Crippen molar-refractivity contribution in [3.63, 3.8) is 0 Å². The molecule has 0 saturated carbocycles. The summed E-state index contributed by atoms with van der Waals surface area (Å²) in [6.45, 7) is 4.39. The van der Waals surface area contributed by atoms with Gasteiger partial charge in [-0.05, 0) is 24.6 Å². The molecule has 1 aliphatic rings. The van der Waals surface area contributed by atoms with E-state index < -0.39 is 0 Å². The average Bonchev–Trinajstić information content (AvgIpc) is 2.64. The molecule has 0 atom stereocenters. The largest absolute Gasteiger partial charge is 0.493 e. The van der Waals surface area contributed by atoms with Crippen molar-refractivity contribution >= 4 is 17.3 Å². The second-order valence-electron chi connectivity index (χ2n) is 5.66. The molecule has 1 N–H and O–H groups in total. The predicted octanol–water partition coefficient (Wildman–Crippen LogP) is 4.52. The highest BCUT2D eigenvalue weighted by Gasteiger charge is 2.14. The molecule has 134 valence electrons. The third kappa shape index (κ3) is 4.23. The second kappa shape index (κ2) is 8.21. The molecule has 3 rings (SSSR count). The molecule has 5 nitrogen and oxygen atoms in total. The van der Waals surface area contributed by atoms with Gasteiger partial charge in [0.25, 0.3) is 0 Å². The molecular formula is C19H22ClNO4. The van der Waals surface area contributed by atoms with Gasteiger partial charge in [-0.25, -0.2) is 0 Å². The summed E-state index contributed by atoms with van der Waals surface area (Å²) in [4.78, 5) is 0. The minimum atomic E-state index is 0.551. The molecular weight excluding hydrogens is 342 g/mol. The zero-order chi connectivity index (χ0) is 17.6. The van der Waals surface area contributed by atoms with Crippen LogP contribution in [0.3, 0.4) is 0 Å². The van der Waals surface area contributed by atoms with E-state index >= 15 is 0 Å². The van der Waals surface area contributed by atoms with Crippen LogP contribution in [0, 0.1) is 0 Å². The van der Waals surface area contributed by atoms with Gasteiger partial charge in [-0.3, -0.25) is 0 Å². The molecule has 25 heavy (non-hydrogen) atoms. The van der Waals surface area contributed by atoms with Crippen LogP contribution in [0.2, 0.25) is 5.02 Å². The predicted molar refractivity (Wildman–Crippen MR) is 98.5 cm³/mol. The van der Waals surface area contributed by atoms with Gasteiger partial charge < -0.3 is 24.3 Å². The molecule has 0 aliphatic carbocycles. The fourth-order valence-electron chi connectivity index (χ4n) is 2.62. The summed E-state index contributed by atoms with van der Waals surface area (Å²) in [5.41, 5.74) is 1.87. The van der Waals surface area contributed by atoms with Gasteiger partial charge in [0.15, 0.2) is 23.0 Å². The van der Waals surface area contributed by atoms with E-state index in [-0.39, 0.29) is 0 Å². The number of methoxy groups -OCH3 is 1. The van der Waals surface area contributed by atoms with Crippen molar-refractivity contribution in [3.8, 4) is 23.0 Å². The number of halogens is 1. The van der Waals surface area contributed by atoms with Crippen LogP contribution in [0.1, 0.15) is 18.9 Å². The van der Waals surface area contributed by atoms with Gasteiger partial charge >= 0.3 is 0 Å². The third-order valence-electron chi connectivity index (χ3n) is 3.79. The van der Waals surface area contributed by atoms with Crippen LogP contribution >= 0.6 is 11.6 Å². The first kappa shape index (κ1) is 17.5. The first-order chi connectivity index (χ1) is 12.2. The number of anilines is 1. The molecule has 0 spiro atoms. The number of fused-ring (bicyclic) bond motifs is 1. The first-order valence-electron chi connectivity index (χ1n) is 8.34. The summed E-state index contributed by atoms with van der Waals surface area (Å²) in [5.74, 6) is 2.88. The summed E-state index contributed by atoms with van der Waals surface area (Å²) in [5, 5.41) is 3.99. The van der Waals surface area contributed by atoms with Gasteiger partial charge in [0.1, 0.15) is 13.2 Å². The van der Waals surface area contributed by atoms with E-state index in [1.807, 2.05) is 24.3 Å². The lowest BCUT2D eigenvalue weighted by atomic mass is 10.1. The molecule has 2 aromatic carbocycles. The highest BCUT2D eigenvalue weighted by Crippen LogP contribution is 2.36. The Bertz CT molecular complexity index is 736. The van der Waals surface area contributed by atoms with Crippen LogP contribution in [0.4, 0.5) is 5.69 Å². The number of hydrogen-bond donors (Lipinski definition) is 1. The van der Waals surface area contributed by atoms with E-state index in [9.17, 15) is 0 Å². The van der Waals surface area contributed by atoms with Gasteiger partial charge in [0.05, 0.1) is 13.7 Å². The van der Waals surface area contributed by atoms with E-state index in [2.05, 4.69) is 12.2 Å². The van der Waals surface area contributed by atoms with Crippen LogP contribution in [0.5, 0.6) is 23.0 Å². The molecule has 0 saturated heterocycles. The number of benzene rings is 2. The second-order valence-corrected chi connectivity index (χ2v) is 6.09. The van der Waals surface area contributed by atoms with E-state index in [1.54, 1.807) is 13.2 Å². The lowest BCUT2D eigenvalue weighted by molar-refractivity contribution is 0.171. The van der Waals surface area contributed by atoms with Gasteiger partial charge in [-0.15, -0.1) is 0 Å². The minimum absolute atomic E-state index is 0.551. The van der Waals surface area contributed by atoms with Crippen molar-refractivity contribution in [1.29, 1.82) is 0 Å². The Morgan fingerprint density at radius 1 is 1.12 bits per heavy atom. The Labute approximate surface area is 152 Å². The molecule has 0 amide bonds. The standard InChI is InChI=1S/C19H22ClNO4/c1-3-6-25-19-13(9-14(20)10-18(19)22-2)12-21-15-4-5-16-17(11-15)24-8-7-23-16/h4-5,9-11,21H,3,6-8,12H2,1-2H3. The van der Waals surface area contributed by atoms with Crippen molar-refractivity contribution in [1.82, 2.24) is 0 Å². The molecule has 6 heteroatoms. The van der Waals surface area contributed by atoms with Crippen LogP contribution in [-0.4, -0.2) is 26.9 Å². The Kier molecular flexibility index (Phi) is 5.76. The quantitative estimate of drug-likeness (QED) is 0.783. The monoisotopic (exact) mass is 363 g/mol. The number of rotatable bonds is 7. The summed E-state index contributed by atoms with van der Waals surface area (Å²) < 4.78 is 22.5. The lowest BCUT2D eigenvalue weighted by Crippen LogP contribution is -2.15. The first-order valence-corrected chi connectivity index (χ1v) is 8.71. The Morgan fingerprint density at radius 3 is 2.68 bits per heavy atom. The highest BCUT2D eigenvalue weighted by atomic mass is 35.5. The summed E-state index contributed by atoms with van der Waals surface area (Å²) in [6, 6.07) is 9.45. The van der Waals surface area contributed by atoms with Crippen LogP contribution in [0.25, 0.3) is 0 Å². The summed E-state index contributed by atoms with van der Waals surface area (Å²) in [6.07, 6.45) is 0.917. The summed E-state index contributed by atoms with van der Waals surface area (Å²) in [7, 11) is 1.61. The normalized spacial score (nSPS) is 12.6. The lowest BCUT2D eigenvalue weighted by Gasteiger charge is -2.20. The molecule has 1 heterocycles. The molecule has 0 aromatic heterocycles. The Morgan fingerprint density at radius 2 is 1.92 bits per heavy atom. The van der Waals surface area contributed by atoms with Gasteiger partial charge in [-0.2, -0.15) is 0 Å². The van der Waals surface area contributed by atoms with Crippen LogP contribution < -0.4 is 24.3 Å². The van der Waals surface area contributed by atoms with E-state index in [0.29, 0.717) is 37.1 Å². The fraction of sp³-hybridized carbons (Fsp3) is 0.368. The Hall–Kier alpha value is -2.27.